The Morgan fingerprint density at radius 2 is 1.92 bits per heavy atom. The van der Waals surface area contributed by atoms with Crippen LogP contribution in [0.3, 0.4) is 0 Å². The molecule has 0 unspecified atom stereocenters. The zero-order chi connectivity index (χ0) is 16.7. The number of hydrogen-bond acceptors (Lipinski definition) is 4. The molecule has 1 aliphatic heterocycles. The highest BCUT2D eigenvalue weighted by molar-refractivity contribution is 6.14. The van der Waals surface area contributed by atoms with E-state index in [1.165, 1.54) is 12.1 Å². The van der Waals surface area contributed by atoms with Gasteiger partial charge in [0.1, 0.15) is 17.3 Å². The number of ketones is 1. The predicted octanol–water partition coefficient (Wildman–Crippen LogP) is 3.76. The Hall–Kier alpha value is -2.95. The van der Waals surface area contributed by atoms with Crippen molar-refractivity contribution >= 4 is 17.8 Å². The fourth-order valence-electron chi connectivity index (χ4n) is 2.46. The zero-order valence-corrected chi connectivity index (χ0v) is 12.6. The van der Waals surface area contributed by atoms with Crippen LogP contribution in [0.1, 0.15) is 28.8 Å². The molecule has 0 atom stereocenters. The first-order valence-electron chi connectivity index (χ1n) is 7.66. The zero-order valence-electron chi connectivity index (χ0n) is 12.6. The van der Waals surface area contributed by atoms with Gasteiger partial charge in [-0.3, -0.25) is 9.59 Å². The van der Waals surface area contributed by atoms with Gasteiger partial charge in [-0.05, 0) is 48.7 Å². The molecule has 0 aromatic heterocycles. The summed E-state index contributed by atoms with van der Waals surface area (Å²) in [6.45, 7) is 0. The average Bonchev–Trinajstić information content (AvgIpc) is 3.37. The second-order valence-electron chi connectivity index (χ2n) is 5.84. The number of esters is 1. The Kier molecular flexibility index (Phi) is 3.41. The summed E-state index contributed by atoms with van der Waals surface area (Å²) >= 11 is 0. The highest BCUT2D eigenvalue weighted by Crippen LogP contribution is 2.36. The van der Waals surface area contributed by atoms with Gasteiger partial charge in [0.15, 0.2) is 5.76 Å². The van der Waals surface area contributed by atoms with Gasteiger partial charge in [0.25, 0.3) is 0 Å². The molecular formula is C19H13FO4. The average molecular weight is 324 g/mol. The van der Waals surface area contributed by atoms with Gasteiger partial charge in [-0.2, -0.15) is 0 Å². The number of fused-ring (bicyclic) bond motifs is 1. The maximum Gasteiger partial charge on any atom is 0.314 e. The number of benzene rings is 2. The van der Waals surface area contributed by atoms with Crippen LogP contribution in [-0.4, -0.2) is 11.8 Å². The number of halogens is 1. The largest absolute Gasteiger partial charge is 0.452 e. The van der Waals surface area contributed by atoms with Crippen LogP contribution in [0.15, 0.2) is 48.2 Å². The summed E-state index contributed by atoms with van der Waals surface area (Å²) in [7, 11) is 0. The van der Waals surface area contributed by atoms with Crippen molar-refractivity contribution in [2.75, 3.05) is 0 Å². The highest BCUT2D eigenvalue weighted by Gasteiger charge is 2.32. The number of Topliss-reactive ketones (excluding diaryl/α,β-unsaturated/α-hetero) is 1. The molecule has 4 nitrogen and oxygen atoms in total. The Balaban J connectivity index is 1.57. The Morgan fingerprint density at radius 1 is 1.17 bits per heavy atom. The first kappa shape index (κ1) is 14.6. The highest BCUT2D eigenvalue weighted by atomic mass is 19.1. The summed E-state index contributed by atoms with van der Waals surface area (Å²) in [6.07, 6.45) is 3.28. The molecule has 0 N–H and O–H groups in total. The Morgan fingerprint density at radius 3 is 2.62 bits per heavy atom. The van der Waals surface area contributed by atoms with E-state index < -0.39 is 0 Å². The maximum absolute atomic E-state index is 12.9. The molecule has 1 heterocycles. The van der Waals surface area contributed by atoms with E-state index in [2.05, 4.69) is 0 Å². The Bertz CT molecular complexity index is 863. The van der Waals surface area contributed by atoms with Crippen LogP contribution in [0.2, 0.25) is 0 Å². The van der Waals surface area contributed by atoms with Gasteiger partial charge in [-0.1, -0.05) is 12.1 Å². The lowest BCUT2D eigenvalue weighted by Crippen LogP contribution is -2.09. The third kappa shape index (κ3) is 2.80. The van der Waals surface area contributed by atoms with E-state index in [-0.39, 0.29) is 29.2 Å². The lowest BCUT2D eigenvalue weighted by Gasteiger charge is -2.04. The second kappa shape index (κ2) is 5.60. The molecule has 0 radical (unpaired) electrons. The van der Waals surface area contributed by atoms with Gasteiger partial charge >= 0.3 is 5.97 Å². The van der Waals surface area contributed by atoms with Gasteiger partial charge in [0, 0.05) is 6.07 Å². The predicted molar refractivity (Wildman–Crippen MR) is 84.1 cm³/mol. The third-order valence-corrected chi connectivity index (χ3v) is 3.94. The third-order valence-electron chi connectivity index (χ3n) is 3.94. The molecule has 2 aromatic carbocycles. The molecule has 1 aliphatic carbocycles. The lowest BCUT2D eigenvalue weighted by molar-refractivity contribution is -0.135. The van der Waals surface area contributed by atoms with Crippen molar-refractivity contribution in [1.29, 1.82) is 0 Å². The van der Waals surface area contributed by atoms with E-state index in [0.717, 1.165) is 12.8 Å². The van der Waals surface area contributed by atoms with E-state index in [1.54, 1.807) is 36.4 Å². The number of ether oxygens (including phenoxy) is 2. The number of carbonyl (C=O) groups excluding carboxylic acids is 2. The summed E-state index contributed by atoms with van der Waals surface area (Å²) in [4.78, 5) is 24.0. The molecule has 4 rings (SSSR count). The minimum atomic E-state index is -0.346. The summed E-state index contributed by atoms with van der Waals surface area (Å²) in [5.41, 5.74) is 1.07. The minimum Gasteiger partial charge on any atom is -0.452 e. The molecule has 5 heteroatoms. The topological polar surface area (TPSA) is 52.6 Å². The van der Waals surface area contributed by atoms with E-state index >= 15 is 0 Å². The molecule has 0 bridgehead atoms. The summed E-state index contributed by atoms with van der Waals surface area (Å²) in [5, 5.41) is 0. The van der Waals surface area contributed by atoms with Crippen molar-refractivity contribution in [2.24, 2.45) is 5.92 Å². The minimum absolute atomic E-state index is 0.00487. The lowest BCUT2D eigenvalue weighted by atomic mass is 10.1. The summed E-state index contributed by atoms with van der Waals surface area (Å²) in [6, 6.07) is 10.5. The molecule has 2 aliphatic rings. The van der Waals surface area contributed by atoms with Crippen LogP contribution >= 0.6 is 0 Å². The van der Waals surface area contributed by atoms with Crippen LogP contribution in [0.25, 0.3) is 6.08 Å². The van der Waals surface area contributed by atoms with E-state index in [1.807, 2.05) is 0 Å². The number of rotatable bonds is 3. The smallest absolute Gasteiger partial charge is 0.314 e. The SMILES string of the molecule is O=C1/C(=C\c2ccc(F)cc2)Oc2cc(OC(=O)C3CC3)ccc21. The van der Waals surface area contributed by atoms with Crippen molar-refractivity contribution in [2.45, 2.75) is 12.8 Å². The Labute approximate surface area is 137 Å². The van der Waals surface area contributed by atoms with Crippen LogP contribution < -0.4 is 9.47 Å². The molecule has 0 spiro atoms. The molecule has 2 aromatic rings. The van der Waals surface area contributed by atoms with Crippen molar-refractivity contribution in [1.82, 2.24) is 0 Å². The van der Waals surface area contributed by atoms with Crippen LogP contribution in [0.5, 0.6) is 11.5 Å². The van der Waals surface area contributed by atoms with Gasteiger partial charge in [0.2, 0.25) is 5.78 Å². The fourth-order valence-corrected chi connectivity index (χ4v) is 2.46. The molecule has 24 heavy (non-hydrogen) atoms. The molecule has 120 valence electrons. The number of hydrogen-bond donors (Lipinski definition) is 0. The van der Waals surface area contributed by atoms with Gasteiger partial charge < -0.3 is 9.47 Å². The maximum atomic E-state index is 12.9. The van der Waals surface area contributed by atoms with Crippen molar-refractivity contribution < 1.29 is 23.5 Å². The first-order valence-corrected chi connectivity index (χ1v) is 7.66. The molecule has 1 fully saturated rings. The molecule has 1 saturated carbocycles. The van der Waals surface area contributed by atoms with E-state index in [0.29, 0.717) is 22.6 Å². The van der Waals surface area contributed by atoms with Crippen molar-refractivity contribution in [3.8, 4) is 11.5 Å². The van der Waals surface area contributed by atoms with Gasteiger partial charge in [0.05, 0.1) is 11.5 Å². The van der Waals surface area contributed by atoms with Crippen LogP contribution in [0.4, 0.5) is 4.39 Å². The first-order chi connectivity index (χ1) is 11.6. The standard InChI is InChI=1S/C19H13FO4/c20-13-5-1-11(2-6-13)9-17-18(21)15-8-7-14(10-16(15)24-17)23-19(22)12-3-4-12/h1-2,5-10,12H,3-4H2/b17-9+. The van der Waals surface area contributed by atoms with E-state index in [4.69, 9.17) is 9.47 Å². The van der Waals surface area contributed by atoms with Crippen molar-refractivity contribution in [3.05, 3.63) is 65.2 Å². The number of allylic oxidation sites excluding steroid dienone is 1. The number of carbonyl (C=O) groups is 2. The fraction of sp³-hybridized carbons (Fsp3) is 0.158. The summed E-state index contributed by atoms with van der Waals surface area (Å²) < 4.78 is 23.8. The van der Waals surface area contributed by atoms with Crippen LogP contribution in [0, 0.1) is 11.7 Å². The molecular weight excluding hydrogens is 311 g/mol. The summed E-state index contributed by atoms with van der Waals surface area (Å²) in [5.74, 6) is 0.0184. The van der Waals surface area contributed by atoms with E-state index in [9.17, 15) is 14.0 Å². The van der Waals surface area contributed by atoms with Gasteiger partial charge in [-0.15, -0.1) is 0 Å². The molecule has 0 amide bonds. The second-order valence-corrected chi connectivity index (χ2v) is 5.84. The normalized spacial score (nSPS) is 17.5. The quantitative estimate of drug-likeness (QED) is 0.490. The monoisotopic (exact) mass is 324 g/mol. The molecule has 0 saturated heterocycles. The van der Waals surface area contributed by atoms with Gasteiger partial charge in [-0.25, -0.2) is 4.39 Å². The van der Waals surface area contributed by atoms with Crippen molar-refractivity contribution in [3.63, 3.8) is 0 Å². The van der Waals surface area contributed by atoms with Crippen LogP contribution in [-0.2, 0) is 4.79 Å².